The number of halogens is 3. The highest BCUT2D eigenvalue weighted by Gasteiger charge is 2.30. The molecule has 6 nitrogen and oxygen atoms in total. The smallest absolute Gasteiger partial charge is 0.296 e. The summed E-state index contributed by atoms with van der Waals surface area (Å²) in [6.07, 6.45) is -4.40. The number of fused-ring (bicyclic) bond motifs is 1. The van der Waals surface area contributed by atoms with E-state index in [0.29, 0.717) is 16.9 Å². The number of thiophene rings is 1. The molecule has 122 valence electrons. The van der Waals surface area contributed by atoms with Crippen molar-refractivity contribution in [1.82, 2.24) is 19.9 Å². The number of hydrogen-bond acceptors (Lipinski definition) is 5. The van der Waals surface area contributed by atoms with Gasteiger partial charge in [0.15, 0.2) is 0 Å². The first-order chi connectivity index (χ1) is 11.4. The molecule has 1 N–H and O–H groups in total. The third-order valence-electron chi connectivity index (χ3n) is 3.39. The summed E-state index contributed by atoms with van der Waals surface area (Å²) in [7, 11) is 0. The lowest BCUT2D eigenvalue weighted by molar-refractivity contribution is -0.137. The zero-order chi connectivity index (χ0) is 16.9. The molecule has 0 bridgehead atoms. The zero-order valence-electron chi connectivity index (χ0n) is 11.7. The van der Waals surface area contributed by atoms with Gasteiger partial charge < -0.3 is 0 Å². The van der Waals surface area contributed by atoms with Gasteiger partial charge in [-0.25, -0.2) is 9.48 Å². The Hall–Kier alpha value is -2.88. The van der Waals surface area contributed by atoms with Gasteiger partial charge in [0, 0.05) is 0 Å². The fourth-order valence-corrected chi connectivity index (χ4v) is 3.18. The Balaban J connectivity index is 1.86. The molecule has 0 saturated carbocycles. The number of aromatic nitrogens is 4. The fourth-order valence-electron chi connectivity index (χ4n) is 2.32. The molecule has 10 heteroatoms. The first-order valence-corrected chi connectivity index (χ1v) is 7.52. The average Bonchev–Trinajstić information content (AvgIpc) is 3.22. The van der Waals surface area contributed by atoms with E-state index in [0.717, 1.165) is 16.8 Å². The Bertz CT molecular complexity index is 1070. The van der Waals surface area contributed by atoms with Gasteiger partial charge >= 0.3 is 11.9 Å². The van der Waals surface area contributed by atoms with Crippen molar-refractivity contribution < 1.29 is 17.7 Å². The van der Waals surface area contributed by atoms with Gasteiger partial charge in [0.1, 0.15) is 5.69 Å². The summed E-state index contributed by atoms with van der Waals surface area (Å²) < 4.78 is 44.8. The minimum atomic E-state index is -4.40. The van der Waals surface area contributed by atoms with E-state index in [1.807, 2.05) is 5.38 Å². The number of hydrogen-bond donors (Lipinski definition) is 1. The molecule has 24 heavy (non-hydrogen) atoms. The van der Waals surface area contributed by atoms with Crippen LogP contribution in [0, 0.1) is 0 Å². The molecular formula is C14H7F3N4O2S. The van der Waals surface area contributed by atoms with Crippen molar-refractivity contribution in [2.75, 3.05) is 0 Å². The Morgan fingerprint density at radius 2 is 1.92 bits per heavy atom. The van der Waals surface area contributed by atoms with Gasteiger partial charge in [0.25, 0.3) is 0 Å². The Kier molecular flexibility index (Phi) is 3.10. The molecule has 0 aliphatic carbocycles. The van der Waals surface area contributed by atoms with Crippen molar-refractivity contribution in [3.63, 3.8) is 0 Å². The van der Waals surface area contributed by atoms with Crippen LogP contribution in [0.15, 0.2) is 45.0 Å². The van der Waals surface area contributed by atoms with E-state index in [-0.39, 0.29) is 5.82 Å². The molecule has 3 aromatic heterocycles. The van der Waals surface area contributed by atoms with Crippen molar-refractivity contribution in [1.29, 1.82) is 0 Å². The van der Waals surface area contributed by atoms with Crippen molar-refractivity contribution in [3.8, 4) is 17.2 Å². The number of benzene rings is 1. The van der Waals surface area contributed by atoms with Crippen LogP contribution in [0.4, 0.5) is 13.2 Å². The number of aromatic amines is 1. The molecule has 0 aliphatic heterocycles. The predicted molar refractivity (Wildman–Crippen MR) is 80.1 cm³/mol. The highest BCUT2D eigenvalue weighted by atomic mass is 32.1. The molecule has 0 amide bonds. The second-order valence-corrected chi connectivity index (χ2v) is 5.80. The average molecular weight is 352 g/mol. The van der Waals surface area contributed by atoms with Crippen molar-refractivity contribution >= 4 is 21.6 Å². The van der Waals surface area contributed by atoms with Crippen LogP contribution >= 0.6 is 11.3 Å². The number of nitrogens with one attached hydrogen (secondary N) is 1. The molecular weight excluding hydrogens is 345 g/mol. The van der Waals surface area contributed by atoms with Crippen LogP contribution in [0.3, 0.4) is 0 Å². The SMILES string of the molecule is O=c1[nH]c(-c2nn(-c3ccc(C(F)(F)F)cc3)c3ccsc23)no1. The summed E-state index contributed by atoms with van der Waals surface area (Å²) in [4.78, 5) is 13.5. The normalized spacial score (nSPS) is 12.1. The summed E-state index contributed by atoms with van der Waals surface area (Å²) in [6.45, 7) is 0. The van der Waals surface area contributed by atoms with Crippen LogP contribution in [0.2, 0.25) is 0 Å². The molecule has 0 radical (unpaired) electrons. The van der Waals surface area contributed by atoms with Crippen LogP contribution < -0.4 is 5.76 Å². The second-order valence-electron chi connectivity index (χ2n) is 4.88. The number of rotatable bonds is 2. The van der Waals surface area contributed by atoms with Crippen molar-refractivity contribution in [3.05, 3.63) is 51.8 Å². The van der Waals surface area contributed by atoms with Crippen LogP contribution in [0.5, 0.6) is 0 Å². The summed E-state index contributed by atoms with van der Waals surface area (Å²) in [5.74, 6) is -0.545. The summed E-state index contributed by atoms with van der Waals surface area (Å²) >= 11 is 1.37. The molecule has 4 rings (SSSR count). The molecule has 0 aliphatic rings. The topological polar surface area (TPSA) is 76.7 Å². The van der Waals surface area contributed by atoms with Gasteiger partial charge in [-0.3, -0.25) is 9.51 Å². The third kappa shape index (κ3) is 2.31. The Labute approximate surface area is 135 Å². The minimum Gasteiger partial charge on any atom is -0.296 e. The maximum Gasteiger partial charge on any atom is 0.439 e. The molecule has 3 heterocycles. The van der Waals surface area contributed by atoms with E-state index in [4.69, 9.17) is 0 Å². The molecule has 0 spiro atoms. The van der Waals surface area contributed by atoms with Crippen LogP contribution in [0.1, 0.15) is 5.56 Å². The Morgan fingerprint density at radius 1 is 1.17 bits per heavy atom. The predicted octanol–water partition coefficient (Wildman–Crippen LogP) is 3.45. The van der Waals surface area contributed by atoms with Crippen molar-refractivity contribution in [2.24, 2.45) is 0 Å². The van der Waals surface area contributed by atoms with Gasteiger partial charge in [-0.05, 0) is 35.7 Å². The highest BCUT2D eigenvalue weighted by Crippen LogP contribution is 2.33. The van der Waals surface area contributed by atoms with E-state index >= 15 is 0 Å². The maximum absolute atomic E-state index is 12.7. The monoisotopic (exact) mass is 352 g/mol. The fraction of sp³-hybridized carbons (Fsp3) is 0.0714. The van der Waals surface area contributed by atoms with E-state index in [1.54, 1.807) is 6.07 Å². The van der Waals surface area contributed by atoms with E-state index in [1.165, 1.54) is 28.2 Å². The number of nitrogens with zero attached hydrogens (tertiary/aromatic N) is 3. The molecule has 4 aromatic rings. The summed E-state index contributed by atoms with van der Waals surface area (Å²) in [5, 5.41) is 9.77. The number of H-pyrrole nitrogens is 1. The van der Waals surface area contributed by atoms with Gasteiger partial charge in [-0.1, -0.05) is 5.16 Å². The first kappa shape index (κ1) is 14.7. The van der Waals surface area contributed by atoms with Gasteiger partial charge in [-0.2, -0.15) is 18.3 Å². The summed E-state index contributed by atoms with van der Waals surface area (Å²) in [6, 6.07) is 6.44. The highest BCUT2D eigenvalue weighted by molar-refractivity contribution is 7.17. The van der Waals surface area contributed by atoms with E-state index in [9.17, 15) is 18.0 Å². The van der Waals surface area contributed by atoms with Crippen LogP contribution in [-0.4, -0.2) is 19.9 Å². The number of alkyl halides is 3. The zero-order valence-corrected chi connectivity index (χ0v) is 12.5. The quantitative estimate of drug-likeness (QED) is 0.599. The molecule has 1 aromatic carbocycles. The van der Waals surface area contributed by atoms with Gasteiger partial charge in [0.05, 0.1) is 21.5 Å². The third-order valence-corrected chi connectivity index (χ3v) is 4.30. The molecule has 0 atom stereocenters. The largest absolute Gasteiger partial charge is 0.439 e. The lowest BCUT2D eigenvalue weighted by Crippen LogP contribution is -2.05. The molecule has 0 unspecified atom stereocenters. The molecule has 0 fully saturated rings. The standard InChI is InChI=1S/C14H7F3N4O2S/c15-14(16,17)7-1-3-8(4-2-7)21-9-5-6-24-11(9)10(19-21)12-18-13(22)23-20-12/h1-6H,(H,18,20,22). The first-order valence-electron chi connectivity index (χ1n) is 6.64. The lowest BCUT2D eigenvalue weighted by Gasteiger charge is -2.08. The van der Waals surface area contributed by atoms with Gasteiger partial charge in [0.2, 0.25) is 5.82 Å². The maximum atomic E-state index is 12.7. The minimum absolute atomic E-state index is 0.165. The molecule has 0 saturated heterocycles. The Morgan fingerprint density at radius 3 is 2.54 bits per heavy atom. The van der Waals surface area contributed by atoms with E-state index < -0.39 is 17.5 Å². The van der Waals surface area contributed by atoms with Crippen molar-refractivity contribution in [2.45, 2.75) is 6.18 Å². The van der Waals surface area contributed by atoms with Gasteiger partial charge in [-0.15, -0.1) is 11.3 Å². The lowest BCUT2D eigenvalue weighted by atomic mass is 10.2. The van der Waals surface area contributed by atoms with Crippen LogP contribution in [0.25, 0.3) is 27.4 Å². The second kappa shape index (κ2) is 5.06. The summed E-state index contributed by atoms with van der Waals surface area (Å²) in [5.41, 5.74) is 0.814. The van der Waals surface area contributed by atoms with Crippen LogP contribution in [-0.2, 0) is 6.18 Å². The van der Waals surface area contributed by atoms with E-state index in [2.05, 4.69) is 19.8 Å².